The monoisotopic (exact) mass is 298 g/mol. The minimum Gasteiger partial charge on any atom is -0.476 e. The van der Waals surface area contributed by atoms with E-state index in [-0.39, 0.29) is 0 Å². The van der Waals surface area contributed by atoms with Gasteiger partial charge in [0, 0.05) is 26.3 Å². The Kier molecular flexibility index (Phi) is 8.45. The molecule has 0 radical (unpaired) electrons. The summed E-state index contributed by atoms with van der Waals surface area (Å²) in [5, 5.41) is 0. The highest BCUT2D eigenvalue weighted by Crippen LogP contribution is 2.27. The van der Waals surface area contributed by atoms with Gasteiger partial charge < -0.3 is 24.8 Å². The van der Waals surface area contributed by atoms with Crippen molar-refractivity contribution in [1.29, 1.82) is 0 Å². The van der Waals surface area contributed by atoms with Crippen LogP contribution in [-0.4, -0.2) is 56.1 Å². The minimum atomic E-state index is 0.417. The van der Waals surface area contributed by atoms with Gasteiger partial charge in [0.15, 0.2) is 5.82 Å². The highest BCUT2D eigenvalue weighted by Gasteiger charge is 2.15. The fourth-order valence-electron chi connectivity index (χ4n) is 1.84. The Morgan fingerprint density at radius 1 is 1.00 bits per heavy atom. The van der Waals surface area contributed by atoms with Crippen LogP contribution in [0.1, 0.15) is 20.8 Å². The van der Waals surface area contributed by atoms with Crippen LogP contribution in [0.5, 0.6) is 5.88 Å². The molecule has 7 heteroatoms. The van der Waals surface area contributed by atoms with Crippen molar-refractivity contribution >= 4 is 11.5 Å². The molecule has 7 nitrogen and oxygen atoms in total. The molecular weight excluding hydrogens is 272 g/mol. The fourth-order valence-corrected chi connectivity index (χ4v) is 1.84. The standard InChI is InChI=1S/C14H26N4O3/c1-4-19-9-7-18(8-10-20-5-2)13-12(15)14(21-6-3)17-11-16-13/h11H,4-10,15H2,1-3H3. The Bertz CT molecular complexity index is 394. The van der Waals surface area contributed by atoms with E-state index < -0.39 is 0 Å². The van der Waals surface area contributed by atoms with E-state index in [0.29, 0.717) is 63.5 Å². The first-order valence-corrected chi connectivity index (χ1v) is 7.38. The number of hydrogen-bond donors (Lipinski definition) is 1. The zero-order valence-corrected chi connectivity index (χ0v) is 13.2. The molecule has 0 bridgehead atoms. The molecule has 0 spiro atoms. The summed E-state index contributed by atoms with van der Waals surface area (Å²) in [7, 11) is 0. The maximum Gasteiger partial charge on any atom is 0.242 e. The van der Waals surface area contributed by atoms with Gasteiger partial charge in [0.2, 0.25) is 5.88 Å². The van der Waals surface area contributed by atoms with Gasteiger partial charge in [-0.3, -0.25) is 0 Å². The number of nitrogens with zero attached hydrogens (tertiary/aromatic N) is 3. The lowest BCUT2D eigenvalue weighted by Crippen LogP contribution is -2.32. The van der Waals surface area contributed by atoms with Crippen LogP contribution in [0.25, 0.3) is 0 Å². The van der Waals surface area contributed by atoms with Crippen molar-refractivity contribution in [2.24, 2.45) is 0 Å². The average Bonchev–Trinajstić information content (AvgIpc) is 2.49. The van der Waals surface area contributed by atoms with Gasteiger partial charge in [-0.15, -0.1) is 0 Å². The third-order valence-corrected chi connectivity index (χ3v) is 2.83. The van der Waals surface area contributed by atoms with E-state index in [4.69, 9.17) is 19.9 Å². The van der Waals surface area contributed by atoms with Crippen LogP contribution < -0.4 is 15.4 Å². The molecule has 0 fully saturated rings. The van der Waals surface area contributed by atoms with Crippen molar-refractivity contribution < 1.29 is 14.2 Å². The number of anilines is 2. The largest absolute Gasteiger partial charge is 0.476 e. The maximum absolute atomic E-state index is 6.11. The molecule has 0 saturated heterocycles. The molecule has 0 atom stereocenters. The molecular formula is C14H26N4O3. The summed E-state index contributed by atoms with van der Waals surface area (Å²) >= 11 is 0. The lowest BCUT2D eigenvalue weighted by Gasteiger charge is -2.25. The van der Waals surface area contributed by atoms with Gasteiger partial charge in [-0.25, -0.2) is 4.98 Å². The molecule has 1 aromatic heterocycles. The Balaban J connectivity index is 2.81. The second-order valence-corrected chi connectivity index (χ2v) is 4.23. The van der Waals surface area contributed by atoms with Crippen LogP contribution in [0.3, 0.4) is 0 Å². The molecule has 0 aromatic carbocycles. The second kappa shape index (κ2) is 10.2. The van der Waals surface area contributed by atoms with Crippen molar-refractivity contribution in [3.05, 3.63) is 6.33 Å². The number of nitrogen functional groups attached to an aromatic ring is 1. The first-order valence-electron chi connectivity index (χ1n) is 7.38. The molecule has 120 valence electrons. The quantitative estimate of drug-likeness (QED) is 0.617. The zero-order valence-electron chi connectivity index (χ0n) is 13.2. The van der Waals surface area contributed by atoms with E-state index in [0.717, 1.165) is 0 Å². The normalized spacial score (nSPS) is 10.6. The summed E-state index contributed by atoms with van der Waals surface area (Å²) in [6.07, 6.45) is 1.46. The van der Waals surface area contributed by atoms with Crippen molar-refractivity contribution in [1.82, 2.24) is 9.97 Å². The molecule has 1 heterocycles. The maximum atomic E-state index is 6.11. The summed E-state index contributed by atoms with van der Waals surface area (Å²) in [5.41, 5.74) is 6.56. The van der Waals surface area contributed by atoms with E-state index in [9.17, 15) is 0 Å². The predicted octanol–water partition coefficient (Wildman–Crippen LogP) is 1.34. The molecule has 0 aliphatic carbocycles. The molecule has 0 aliphatic rings. The van der Waals surface area contributed by atoms with E-state index in [1.54, 1.807) is 0 Å². The predicted molar refractivity (Wildman–Crippen MR) is 82.8 cm³/mol. The highest BCUT2D eigenvalue weighted by molar-refractivity contribution is 5.67. The number of rotatable bonds is 11. The molecule has 1 rings (SSSR count). The van der Waals surface area contributed by atoms with Crippen molar-refractivity contribution in [3.8, 4) is 5.88 Å². The first kappa shape index (κ1) is 17.5. The highest BCUT2D eigenvalue weighted by atomic mass is 16.5. The Morgan fingerprint density at radius 2 is 1.62 bits per heavy atom. The topological polar surface area (TPSA) is 82.7 Å². The number of aromatic nitrogens is 2. The Labute approximate surface area is 126 Å². The second-order valence-electron chi connectivity index (χ2n) is 4.23. The summed E-state index contributed by atoms with van der Waals surface area (Å²) in [6, 6.07) is 0. The molecule has 0 amide bonds. The van der Waals surface area contributed by atoms with Crippen LogP contribution >= 0.6 is 0 Å². The average molecular weight is 298 g/mol. The summed E-state index contributed by atoms with van der Waals surface area (Å²) < 4.78 is 16.2. The Hall–Kier alpha value is -1.60. The van der Waals surface area contributed by atoms with Crippen LogP contribution in [-0.2, 0) is 9.47 Å². The van der Waals surface area contributed by atoms with Crippen molar-refractivity contribution in [3.63, 3.8) is 0 Å². The molecule has 21 heavy (non-hydrogen) atoms. The number of nitrogens with two attached hydrogens (primary N) is 1. The molecule has 0 aliphatic heterocycles. The summed E-state index contributed by atoms with van der Waals surface area (Å²) in [5.74, 6) is 1.08. The van der Waals surface area contributed by atoms with Gasteiger partial charge in [-0.05, 0) is 20.8 Å². The zero-order chi connectivity index (χ0) is 15.5. The van der Waals surface area contributed by atoms with Crippen LogP contribution in [0.4, 0.5) is 11.5 Å². The smallest absolute Gasteiger partial charge is 0.242 e. The summed E-state index contributed by atoms with van der Waals surface area (Å²) in [6.45, 7) is 10.3. The van der Waals surface area contributed by atoms with E-state index in [1.807, 2.05) is 25.7 Å². The van der Waals surface area contributed by atoms with Crippen molar-refractivity contribution in [2.75, 3.05) is 56.8 Å². The first-order chi connectivity index (χ1) is 10.2. The van der Waals surface area contributed by atoms with E-state index in [1.165, 1.54) is 6.33 Å². The van der Waals surface area contributed by atoms with E-state index >= 15 is 0 Å². The SMILES string of the molecule is CCOCCN(CCOCC)c1ncnc(OCC)c1N. The lowest BCUT2D eigenvalue weighted by atomic mass is 10.4. The van der Waals surface area contributed by atoms with Gasteiger partial charge in [0.25, 0.3) is 0 Å². The van der Waals surface area contributed by atoms with Gasteiger partial charge >= 0.3 is 0 Å². The third kappa shape index (κ3) is 5.73. The molecule has 0 unspecified atom stereocenters. The fraction of sp³-hybridized carbons (Fsp3) is 0.714. The number of hydrogen-bond acceptors (Lipinski definition) is 7. The lowest BCUT2D eigenvalue weighted by molar-refractivity contribution is 0.141. The molecule has 0 saturated carbocycles. The van der Waals surface area contributed by atoms with Crippen LogP contribution in [0, 0.1) is 0 Å². The van der Waals surface area contributed by atoms with Crippen LogP contribution in [0.15, 0.2) is 6.33 Å². The number of ether oxygens (including phenoxy) is 3. The Morgan fingerprint density at radius 3 is 2.14 bits per heavy atom. The summed E-state index contributed by atoms with van der Waals surface area (Å²) in [4.78, 5) is 10.4. The minimum absolute atomic E-state index is 0.417. The van der Waals surface area contributed by atoms with Crippen molar-refractivity contribution in [2.45, 2.75) is 20.8 Å². The van der Waals surface area contributed by atoms with Gasteiger partial charge in [-0.1, -0.05) is 0 Å². The van der Waals surface area contributed by atoms with E-state index in [2.05, 4.69) is 9.97 Å². The third-order valence-electron chi connectivity index (χ3n) is 2.83. The molecule has 1 aromatic rings. The van der Waals surface area contributed by atoms with Gasteiger partial charge in [-0.2, -0.15) is 4.98 Å². The molecule has 2 N–H and O–H groups in total. The van der Waals surface area contributed by atoms with Gasteiger partial charge in [0.1, 0.15) is 12.0 Å². The van der Waals surface area contributed by atoms with Crippen LogP contribution in [0.2, 0.25) is 0 Å². The van der Waals surface area contributed by atoms with Gasteiger partial charge in [0.05, 0.1) is 19.8 Å².